The van der Waals surface area contributed by atoms with Crippen molar-refractivity contribution >= 4 is 18.4 Å². The molecule has 0 fully saturated rings. The standard InChI is InChI=1S/C5H11O3.3C4H9.Sn/c1-6-3-4-8-5-7-2;3*1-3-4-2;/h5H,3-4H2,1-2H3;3*1,3-4H2,2H3;. The zero-order valence-corrected chi connectivity index (χ0v) is 17.9. The van der Waals surface area contributed by atoms with Crippen LogP contribution in [0.5, 0.6) is 0 Å². The molecule has 0 rings (SSSR count). The predicted octanol–water partition coefficient (Wildman–Crippen LogP) is 5.01. The molecule has 0 bridgehead atoms. The number of unbranched alkanes of at least 4 members (excludes halogenated alkanes) is 3. The van der Waals surface area contributed by atoms with Crippen molar-refractivity contribution in [3.8, 4) is 0 Å². The second-order valence-corrected chi connectivity index (χ2v) is 19.5. The van der Waals surface area contributed by atoms with E-state index in [1.165, 1.54) is 51.8 Å². The SMILES string of the molecule is CCC[CH2][Sn]([CH2]CCC)([CH2]CCC)[CH](OC)OCCOC. The van der Waals surface area contributed by atoms with Crippen molar-refractivity contribution in [3.05, 3.63) is 0 Å². The summed E-state index contributed by atoms with van der Waals surface area (Å²) in [6.07, 6.45) is 7.88. The molecule has 0 aliphatic carbocycles. The first-order valence-corrected chi connectivity index (χ1v) is 16.5. The molecule has 3 nitrogen and oxygen atoms in total. The molecule has 0 aromatic carbocycles. The average Bonchev–Trinajstić information content (AvgIpc) is 2.52. The summed E-state index contributed by atoms with van der Waals surface area (Å²) < 4.78 is 21.5. The maximum absolute atomic E-state index is 6.13. The van der Waals surface area contributed by atoms with Crippen LogP contribution in [0.1, 0.15) is 59.3 Å². The Bertz CT molecular complexity index is 202. The number of hydrogen-bond acceptors (Lipinski definition) is 3. The fourth-order valence-corrected chi connectivity index (χ4v) is 19.0. The van der Waals surface area contributed by atoms with Crippen LogP contribution >= 0.6 is 0 Å². The van der Waals surface area contributed by atoms with Crippen LogP contribution in [0.2, 0.25) is 13.3 Å². The minimum atomic E-state index is -2.41. The van der Waals surface area contributed by atoms with Crippen LogP contribution in [-0.2, 0) is 14.2 Å². The van der Waals surface area contributed by atoms with E-state index in [4.69, 9.17) is 14.2 Å². The second-order valence-electron chi connectivity index (χ2n) is 6.10. The van der Waals surface area contributed by atoms with Gasteiger partial charge in [-0.15, -0.1) is 0 Å². The Morgan fingerprint density at radius 1 is 0.762 bits per heavy atom. The van der Waals surface area contributed by atoms with E-state index in [1.54, 1.807) is 7.11 Å². The molecule has 0 N–H and O–H groups in total. The quantitative estimate of drug-likeness (QED) is 0.216. The molecule has 0 radical (unpaired) electrons. The Morgan fingerprint density at radius 2 is 1.24 bits per heavy atom. The van der Waals surface area contributed by atoms with E-state index in [2.05, 4.69) is 20.8 Å². The third kappa shape index (κ3) is 8.77. The fourth-order valence-electron chi connectivity index (χ4n) is 3.05. The summed E-state index contributed by atoms with van der Waals surface area (Å²) in [6.45, 7) is 8.22. The topological polar surface area (TPSA) is 27.7 Å². The Labute approximate surface area is 137 Å². The van der Waals surface area contributed by atoms with Gasteiger partial charge in [0.2, 0.25) is 0 Å². The van der Waals surface area contributed by atoms with Crippen molar-refractivity contribution in [1.29, 1.82) is 0 Å². The van der Waals surface area contributed by atoms with Crippen molar-refractivity contribution in [2.45, 2.75) is 76.9 Å². The molecular weight excluding hydrogens is 371 g/mol. The molecule has 0 saturated carbocycles. The molecular formula is C17H38O3Sn. The molecule has 0 heterocycles. The molecule has 0 aliphatic rings. The molecule has 0 aliphatic heterocycles. The van der Waals surface area contributed by atoms with Gasteiger partial charge >= 0.3 is 137 Å². The van der Waals surface area contributed by atoms with E-state index < -0.39 is 18.4 Å². The normalized spacial score (nSPS) is 13.6. The van der Waals surface area contributed by atoms with Gasteiger partial charge in [-0.2, -0.15) is 0 Å². The third-order valence-corrected chi connectivity index (χ3v) is 19.9. The van der Waals surface area contributed by atoms with Crippen molar-refractivity contribution in [2.75, 3.05) is 27.4 Å². The second kappa shape index (κ2) is 14.3. The third-order valence-electron chi connectivity index (χ3n) is 4.36. The van der Waals surface area contributed by atoms with Gasteiger partial charge in [0.1, 0.15) is 0 Å². The van der Waals surface area contributed by atoms with Gasteiger partial charge in [-0.05, 0) is 0 Å². The van der Waals surface area contributed by atoms with Crippen LogP contribution < -0.4 is 0 Å². The van der Waals surface area contributed by atoms with E-state index in [1.807, 2.05) is 7.11 Å². The van der Waals surface area contributed by atoms with E-state index in [9.17, 15) is 0 Å². The van der Waals surface area contributed by atoms with Crippen LogP contribution in [-0.4, -0.2) is 50.1 Å². The molecule has 1 atom stereocenters. The van der Waals surface area contributed by atoms with Gasteiger partial charge in [-0.3, -0.25) is 0 Å². The van der Waals surface area contributed by atoms with Crippen molar-refractivity contribution in [2.24, 2.45) is 0 Å². The zero-order valence-electron chi connectivity index (χ0n) is 15.1. The number of rotatable bonds is 15. The van der Waals surface area contributed by atoms with Gasteiger partial charge in [0.05, 0.1) is 0 Å². The van der Waals surface area contributed by atoms with Crippen molar-refractivity contribution in [3.63, 3.8) is 0 Å². The summed E-state index contributed by atoms with van der Waals surface area (Å²) in [5.41, 5.74) is 0. The monoisotopic (exact) mass is 410 g/mol. The summed E-state index contributed by atoms with van der Waals surface area (Å²) in [6, 6.07) is 0. The Hall–Kier alpha value is 0.679. The van der Waals surface area contributed by atoms with Gasteiger partial charge in [0, 0.05) is 0 Å². The molecule has 0 amide bonds. The van der Waals surface area contributed by atoms with Crippen molar-refractivity contribution < 1.29 is 14.2 Å². The minimum absolute atomic E-state index is 0.110. The van der Waals surface area contributed by atoms with Gasteiger partial charge in [-0.1, -0.05) is 0 Å². The van der Waals surface area contributed by atoms with Crippen molar-refractivity contribution in [1.82, 2.24) is 0 Å². The van der Waals surface area contributed by atoms with Crippen LogP contribution in [0.4, 0.5) is 0 Å². The van der Waals surface area contributed by atoms with Gasteiger partial charge in [-0.25, -0.2) is 0 Å². The first-order valence-electron chi connectivity index (χ1n) is 8.84. The summed E-state index contributed by atoms with van der Waals surface area (Å²) in [7, 11) is 3.57. The molecule has 0 aromatic heterocycles. The summed E-state index contributed by atoms with van der Waals surface area (Å²) >= 11 is -2.41. The van der Waals surface area contributed by atoms with Gasteiger partial charge in [0.25, 0.3) is 0 Å². The van der Waals surface area contributed by atoms with Gasteiger partial charge in [0.15, 0.2) is 0 Å². The number of methoxy groups -OCH3 is 2. The molecule has 4 heteroatoms. The number of hydrogen-bond donors (Lipinski definition) is 0. The van der Waals surface area contributed by atoms with Crippen LogP contribution in [0.15, 0.2) is 0 Å². The summed E-state index contributed by atoms with van der Waals surface area (Å²) in [5, 5.41) is 0. The molecule has 21 heavy (non-hydrogen) atoms. The van der Waals surface area contributed by atoms with Crippen LogP contribution in [0.3, 0.4) is 0 Å². The van der Waals surface area contributed by atoms with Gasteiger partial charge < -0.3 is 0 Å². The molecule has 128 valence electrons. The Balaban J connectivity index is 4.93. The molecule has 0 saturated heterocycles. The first kappa shape index (κ1) is 21.7. The van der Waals surface area contributed by atoms with E-state index in [0.29, 0.717) is 13.2 Å². The first-order chi connectivity index (χ1) is 10.2. The number of ether oxygens (including phenoxy) is 3. The Morgan fingerprint density at radius 3 is 1.57 bits per heavy atom. The molecule has 0 spiro atoms. The summed E-state index contributed by atoms with van der Waals surface area (Å²) in [4.78, 5) is 0. The molecule has 1 unspecified atom stereocenters. The molecule has 0 aromatic rings. The van der Waals surface area contributed by atoms with Crippen LogP contribution in [0, 0.1) is 0 Å². The van der Waals surface area contributed by atoms with E-state index >= 15 is 0 Å². The average molecular weight is 409 g/mol. The van der Waals surface area contributed by atoms with E-state index in [-0.39, 0.29) is 4.31 Å². The predicted molar refractivity (Wildman–Crippen MR) is 93.5 cm³/mol. The van der Waals surface area contributed by atoms with Crippen LogP contribution in [0.25, 0.3) is 0 Å². The zero-order chi connectivity index (χ0) is 16.0. The fraction of sp³-hybridized carbons (Fsp3) is 1.00. The summed E-state index contributed by atoms with van der Waals surface area (Å²) in [5.74, 6) is 0. The Kier molecular flexibility index (Phi) is 14.7. The maximum atomic E-state index is 6.13. The van der Waals surface area contributed by atoms with E-state index in [0.717, 1.165) is 0 Å².